The van der Waals surface area contributed by atoms with Crippen LogP contribution in [0.15, 0.2) is 106 Å². The summed E-state index contributed by atoms with van der Waals surface area (Å²) in [6.07, 6.45) is 8.88. The lowest BCUT2D eigenvalue weighted by Gasteiger charge is -2.13. The minimum Gasteiger partial charge on any atom is -0.0616 e. The second-order valence-electron chi connectivity index (χ2n) is 7.69. The van der Waals surface area contributed by atoms with Crippen LogP contribution >= 0.6 is 31.9 Å². The first kappa shape index (κ1) is 20.9. The predicted molar refractivity (Wildman–Crippen MR) is 148 cm³/mol. The van der Waals surface area contributed by atoms with Gasteiger partial charge < -0.3 is 0 Å². The van der Waals surface area contributed by atoms with Gasteiger partial charge in [-0.25, -0.2) is 0 Å². The highest BCUT2D eigenvalue weighted by molar-refractivity contribution is 9.10. The van der Waals surface area contributed by atoms with Crippen LogP contribution in [0, 0.1) is 0 Å². The third kappa shape index (κ3) is 4.34. The van der Waals surface area contributed by atoms with Crippen LogP contribution in [0.2, 0.25) is 0 Å². The molecular formula is C30H20Br2. The van der Waals surface area contributed by atoms with Crippen molar-refractivity contribution in [2.24, 2.45) is 0 Å². The molecule has 0 nitrogen and oxygen atoms in total. The van der Waals surface area contributed by atoms with Gasteiger partial charge in [0.15, 0.2) is 0 Å². The van der Waals surface area contributed by atoms with E-state index in [1.165, 1.54) is 43.8 Å². The molecule has 5 rings (SSSR count). The average molecular weight is 540 g/mol. The fraction of sp³-hybridized carbons (Fsp3) is 0. The lowest BCUT2D eigenvalue weighted by Crippen LogP contribution is -1.88. The Morgan fingerprint density at radius 1 is 0.375 bits per heavy atom. The van der Waals surface area contributed by atoms with Crippen LogP contribution < -0.4 is 0 Å². The Hall–Kier alpha value is -2.94. The van der Waals surface area contributed by atoms with Crippen LogP contribution in [0.4, 0.5) is 0 Å². The molecule has 0 aliphatic carbocycles. The van der Waals surface area contributed by atoms with Gasteiger partial charge in [0, 0.05) is 8.95 Å². The molecule has 0 heterocycles. The molecule has 0 N–H and O–H groups in total. The Balaban J connectivity index is 1.70. The first-order chi connectivity index (χ1) is 15.7. The molecule has 5 aromatic rings. The molecule has 0 saturated heterocycles. The number of hydrogen-bond donors (Lipinski definition) is 0. The summed E-state index contributed by atoms with van der Waals surface area (Å²) in [6.45, 7) is 0. The van der Waals surface area contributed by atoms with E-state index in [1.807, 2.05) is 0 Å². The van der Waals surface area contributed by atoms with Gasteiger partial charge >= 0.3 is 0 Å². The van der Waals surface area contributed by atoms with Gasteiger partial charge in [0.25, 0.3) is 0 Å². The minimum absolute atomic E-state index is 1.09. The zero-order valence-corrected chi connectivity index (χ0v) is 20.5. The van der Waals surface area contributed by atoms with E-state index in [0.29, 0.717) is 0 Å². The Kier molecular flexibility index (Phi) is 6.07. The van der Waals surface area contributed by atoms with Crippen LogP contribution in [-0.2, 0) is 0 Å². The topological polar surface area (TPSA) is 0 Å². The molecule has 5 aromatic carbocycles. The zero-order chi connectivity index (χ0) is 21.9. The Bertz CT molecular complexity index is 1290. The van der Waals surface area contributed by atoms with Crippen molar-refractivity contribution in [2.45, 2.75) is 0 Å². The summed E-state index contributed by atoms with van der Waals surface area (Å²) in [6, 6.07) is 34.2. The zero-order valence-electron chi connectivity index (χ0n) is 17.3. The lowest BCUT2D eigenvalue weighted by atomic mass is 9.91. The summed E-state index contributed by atoms with van der Waals surface area (Å²) >= 11 is 7.03. The van der Waals surface area contributed by atoms with E-state index in [-0.39, 0.29) is 0 Å². The predicted octanol–water partition coefficient (Wildman–Crippen LogP) is 9.86. The summed E-state index contributed by atoms with van der Waals surface area (Å²) in [5.41, 5.74) is 4.86. The van der Waals surface area contributed by atoms with Crippen molar-refractivity contribution in [3.63, 3.8) is 0 Å². The van der Waals surface area contributed by atoms with Gasteiger partial charge in [0.1, 0.15) is 0 Å². The summed E-state index contributed by atoms with van der Waals surface area (Å²) < 4.78 is 2.18. The molecule has 0 radical (unpaired) electrons. The molecule has 0 fully saturated rings. The van der Waals surface area contributed by atoms with Crippen LogP contribution in [0.25, 0.3) is 45.8 Å². The van der Waals surface area contributed by atoms with Gasteiger partial charge in [-0.1, -0.05) is 129 Å². The van der Waals surface area contributed by atoms with Crippen molar-refractivity contribution in [2.75, 3.05) is 0 Å². The van der Waals surface area contributed by atoms with E-state index in [2.05, 4.69) is 153 Å². The van der Waals surface area contributed by atoms with Gasteiger partial charge in [-0.2, -0.15) is 0 Å². The van der Waals surface area contributed by atoms with Gasteiger partial charge in [-0.3, -0.25) is 0 Å². The van der Waals surface area contributed by atoms with Crippen molar-refractivity contribution in [3.8, 4) is 0 Å². The largest absolute Gasteiger partial charge is 0.0616 e. The Labute approximate surface area is 205 Å². The fourth-order valence-corrected chi connectivity index (χ4v) is 4.59. The molecule has 0 aromatic heterocycles. The highest BCUT2D eigenvalue weighted by Crippen LogP contribution is 2.35. The number of fused-ring (bicyclic) bond motifs is 2. The van der Waals surface area contributed by atoms with E-state index in [9.17, 15) is 0 Å². The van der Waals surface area contributed by atoms with E-state index in [1.54, 1.807) is 0 Å². The SMILES string of the molecule is Brc1ccc(C=Cc2c3ccccc3c(C=Cc3ccc(Br)cc3)c3ccccc23)cc1. The van der Waals surface area contributed by atoms with E-state index < -0.39 is 0 Å². The number of halogens is 2. The van der Waals surface area contributed by atoms with Crippen molar-refractivity contribution in [1.29, 1.82) is 0 Å². The first-order valence-electron chi connectivity index (χ1n) is 10.5. The van der Waals surface area contributed by atoms with E-state index >= 15 is 0 Å². The summed E-state index contributed by atoms with van der Waals surface area (Å²) in [5, 5.41) is 5.04. The highest BCUT2D eigenvalue weighted by Gasteiger charge is 2.10. The van der Waals surface area contributed by atoms with Crippen LogP contribution in [0.1, 0.15) is 22.3 Å². The molecule has 154 valence electrons. The molecule has 0 bridgehead atoms. The molecule has 0 unspecified atom stereocenters. The Morgan fingerprint density at radius 2 is 0.688 bits per heavy atom. The van der Waals surface area contributed by atoms with Crippen molar-refractivity contribution in [3.05, 3.63) is 128 Å². The number of benzene rings is 5. The molecule has 0 amide bonds. The fourth-order valence-electron chi connectivity index (χ4n) is 4.06. The summed E-state index contributed by atoms with van der Waals surface area (Å²) in [4.78, 5) is 0. The molecular weight excluding hydrogens is 520 g/mol. The third-order valence-corrected chi connectivity index (χ3v) is 6.70. The lowest BCUT2D eigenvalue weighted by molar-refractivity contribution is 1.61. The van der Waals surface area contributed by atoms with Gasteiger partial charge in [0.05, 0.1) is 0 Å². The number of hydrogen-bond acceptors (Lipinski definition) is 0. The Morgan fingerprint density at radius 3 is 1.00 bits per heavy atom. The smallest absolute Gasteiger partial charge is 0.0175 e. The monoisotopic (exact) mass is 538 g/mol. The maximum atomic E-state index is 3.52. The highest BCUT2D eigenvalue weighted by atomic mass is 79.9. The van der Waals surface area contributed by atoms with E-state index in [4.69, 9.17) is 0 Å². The van der Waals surface area contributed by atoms with E-state index in [0.717, 1.165) is 8.95 Å². The molecule has 32 heavy (non-hydrogen) atoms. The molecule has 0 saturated carbocycles. The van der Waals surface area contributed by atoms with Gasteiger partial charge in [0.2, 0.25) is 0 Å². The summed E-state index contributed by atoms with van der Waals surface area (Å²) in [7, 11) is 0. The number of rotatable bonds is 4. The maximum Gasteiger partial charge on any atom is 0.0175 e. The van der Waals surface area contributed by atoms with Crippen LogP contribution in [0.3, 0.4) is 0 Å². The van der Waals surface area contributed by atoms with Gasteiger partial charge in [-0.05, 0) is 68.1 Å². The third-order valence-electron chi connectivity index (χ3n) is 5.64. The summed E-state index contributed by atoms with van der Waals surface area (Å²) in [5.74, 6) is 0. The molecule has 0 aliphatic rings. The minimum atomic E-state index is 1.09. The molecule has 0 spiro atoms. The molecule has 2 heteroatoms. The molecule has 0 aliphatic heterocycles. The van der Waals surface area contributed by atoms with Crippen molar-refractivity contribution in [1.82, 2.24) is 0 Å². The van der Waals surface area contributed by atoms with Crippen LogP contribution in [0.5, 0.6) is 0 Å². The average Bonchev–Trinajstić information content (AvgIpc) is 2.83. The van der Waals surface area contributed by atoms with Gasteiger partial charge in [-0.15, -0.1) is 0 Å². The first-order valence-corrected chi connectivity index (χ1v) is 12.1. The maximum absolute atomic E-state index is 3.52. The quantitative estimate of drug-likeness (QED) is 0.157. The van der Waals surface area contributed by atoms with Crippen molar-refractivity contribution < 1.29 is 0 Å². The second kappa shape index (κ2) is 9.28. The van der Waals surface area contributed by atoms with Crippen LogP contribution in [-0.4, -0.2) is 0 Å². The normalized spacial score (nSPS) is 11.8. The second-order valence-corrected chi connectivity index (χ2v) is 9.52. The molecule has 0 atom stereocenters. The standard InChI is InChI=1S/C30H20Br2/c31-23-15-9-21(10-16-23)13-19-29-25-5-1-2-6-26(25)30(28-8-4-3-7-27(28)29)20-14-22-11-17-24(32)18-12-22/h1-20H. The van der Waals surface area contributed by atoms with Crippen molar-refractivity contribution >= 4 is 77.7 Å².